The van der Waals surface area contributed by atoms with Crippen LogP contribution in [0.1, 0.15) is 55.2 Å². The number of amides is 1. The van der Waals surface area contributed by atoms with Crippen molar-refractivity contribution in [2.45, 2.75) is 56.5 Å². The summed E-state index contributed by atoms with van der Waals surface area (Å²) >= 11 is 1.30. The summed E-state index contributed by atoms with van der Waals surface area (Å²) < 4.78 is 50.6. The molecule has 0 spiro atoms. The molecular formula is C27H28F3N3O3S. The third-order valence-corrected chi connectivity index (χ3v) is 8.13. The number of amidine groups is 2. The van der Waals surface area contributed by atoms with Gasteiger partial charge in [-0.2, -0.15) is 18.2 Å². The maximum atomic E-state index is 13.2. The Hall–Kier alpha value is -3.01. The molecule has 2 aromatic carbocycles. The highest BCUT2D eigenvalue weighted by atomic mass is 32.2. The Morgan fingerprint density at radius 1 is 1.03 bits per heavy atom. The number of ether oxygens (including phenoxy) is 2. The van der Waals surface area contributed by atoms with Crippen molar-refractivity contribution >= 4 is 34.4 Å². The van der Waals surface area contributed by atoms with E-state index in [1.165, 1.54) is 38.5 Å². The molecule has 10 heteroatoms. The second kappa shape index (κ2) is 10.4. The molecule has 37 heavy (non-hydrogen) atoms. The van der Waals surface area contributed by atoms with Gasteiger partial charge in [0.15, 0.2) is 16.7 Å². The Kier molecular flexibility index (Phi) is 7.20. The van der Waals surface area contributed by atoms with E-state index in [0.717, 1.165) is 37.8 Å². The van der Waals surface area contributed by atoms with Crippen LogP contribution in [0, 0.1) is 5.92 Å². The molecule has 0 bridgehead atoms. The number of benzene rings is 2. The lowest BCUT2D eigenvalue weighted by atomic mass is 9.84. The third kappa shape index (κ3) is 5.21. The topological polar surface area (TPSA) is 63.5 Å². The highest BCUT2D eigenvalue weighted by molar-refractivity contribution is 8.13. The van der Waals surface area contributed by atoms with Gasteiger partial charge in [-0.15, -0.1) is 0 Å². The molecule has 0 aromatic heterocycles. The number of carbonyl (C=O) groups is 1. The fourth-order valence-electron chi connectivity index (χ4n) is 5.23. The van der Waals surface area contributed by atoms with E-state index in [4.69, 9.17) is 14.5 Å². The van der Waals surface area contributed by atoms with Crippen LogP contribution in [-0.2, 0) is 16.7 Å². The van der Waals surface area contributed by atoms with E-state index in [1.807, 2.05) is 4.90 Å². The van der Waals surface area contributed by atoms with Crippen molar-refractivity contribution in [2.24, 2.45) is 15.9 Å². The van der Waals surface area contributed by atoms with Crippen molar-refractivity contribution in [3.8, 4) is 11.5 Å². The van der Waals surface area contributed by atoms with Crippen LogP contribution in [-0.4, -0.2) is 42.1 Å². The van der Waals surface area contributed by atoms with Crippen LogP contribution in [0.25, 0.3) is 0 Å². The molecule has 0 saturated heterocycles. The Labute approximate surface area is 218 Å². The Balaban J connectivity index is 1.50. The number of rotatable bonds is 6. The minimum absolute atomic E-state index is 0.212. The second-order valence-electron chi connectivity index (χ2n) is 9.50. The van der Waals surface area contributed by atoms with Crippen molar-refractivity contribution in [1.82, 2.24) is 4.90 Å². The lowest BCUT2D eigenvalue weighted by Gasteiger charge is -2.33. The maximum Gasteiger partial charge on any atom is 0.416 e. The number of fused-ring (bicyclic) bond motifs is 3. The first-order valence-electron chi connectivity index (χ1n) is 12.3. The Morgan fingerprint density at radius 2 is 1.76 bits per heavy atom. The Morgan fingerprint density at radius 3 is 2.46 bits per heavy atom. The van der Waals surface area contributed by atoms with E-state index < -0.39 is 17.8 Å². The maximum absolute atomic E-state index is 13.2. The number of halogens is 3. The first-order chi connectivity index (χ1) is 17.8. The molecule has 0 N–H and O–H groups in total. The van der Waals surface area contributed by atoms with Crippen LogP contribution in [0.4, 0.5) is 18.9 Å². The number of alkyl halides is 3. The van der Waals surface area contributed by atoms with Gasteiger partial charge in [-0.3, -0.25) is 9.69 Å². The minimum Gasteiger partial charge on any atom is -0.493 e. The summed E-state index contributed by atoms with van der Waals surface area (Å²) in [7, 11) is 3.07. The number of nitrogens with zero attached hydrogens (tertiary/aromatic N) is 3. The van der Waals surface area contributed by atoms with Gasteiger partial charge in [0.05, 0.1) is 25.5 Å². The lowest BCUT2D eigenvalue weighted by Crippen LogP contribution is -2.44. The van der Waals surface area contributed by atoms with Gasteiger partial charge < -0.3 is 9.47 Å². The Bertz CT molecular complexity index is 1260. The van der Waals surface area contributed by atoms with Gasteiger partial charge in [-0.1, -0.05) is 62.1 Å². The summed E-state index contributed by atoms with van der Waals surface area (Å²) in [5.41, 5.74) is 1.08. The molecule has 1 saturated carbocycles. The minimum atomic E-state index is -4.41. The predicted molar refractivity (Wildman–Crippen MR) is 138 cm³/mol. The van der Waals surface area contributed by atoms with Crippen molar-refractivity contribution in [2.75, 3.05) is 14.2 Å². The van der Waals surface area contributed by atoms with Crippen LogP contribution in [0.5, 0.6) is 11.5 Å². The quantitative estimate of drug-likeness (QED) is 0.421. The summed E-state index contributed by atoms with van der Waals surface area (Å²) in [6.45, 7) is 0. The summed E-state index contributed by atoms with van der Waals surface area (Å²) in [4.78, 5) is 24.4. The van der Waals surface area contributed by atoms with Gasteiger partial charge in [0.1, 0.15) is 11.9 Å². The zero-order chi connectivity index (χ0) is 26.2. The zero-order valence-corrected chi connectivity index (χ0v) is 21.5. The molecule has 196 valence electrons. The third-order valence-electron chi connectivity index (χ3n) is 7.11. The molecule has 1 amide bonds. The van der Waals surface area contributed by atoms with E-state index >= 15 is 0 Å². The van der Waals surface area contributed by atoms with Crippen LogP contribution in [0.3, 0.4) is 0 Å². The highest BCUT2D eigenvalue weighted by Crippen LogP contribution is 2.43. The molecule has 3 aliphatic rings. The molecule has 2 aromatic rings. The summed E-state index contributed by atoms with van der Waals surface area (Å²) in [5.74, 6) is 1.98. The zero-order valence-electron chi connectivity index (χ0n) is 20.7. The molecule has 1 atom stereocenters. The normalized spacial score (nSPS) is 19.8. The van der Waals surface area contributed by atoms with Crippen molar-refractivity contribution in [3.63, 3.8) is 0 Å². The van der Waals surface area contributed by atoms with Crippen LogP contribution >= 0.6 is 11.8 Å². The van der Waals surface area contributed by atoms with E-state index in [0.29, 0.717) is 51.7 Å². The monoisotopic (exact) mass is 531 g/mol. The summed E-state index contributed by atoms with van der Waals surface area (Å²) in [6.07, 6.45) is 1.96. The van der Waals surface area contributed by atoms with E-state index in [9.17, 15) is 18.0 Å². The molecule has 2 aliphatic heterocycles. The van der Waals surface area contributed by atoms with Crippen LogP contribution in [0.15, 0.2) is 46.4 Å². The average Bonchev–Trinajstić information content (AvgIpc) is 3.22. The molecule has 6 nitrogen and oxygen atoms in total. The molecular weight excluding hydrogens is 503 g/mol. The van der Waals surface area contributed by atoms with Crippen LogP contribution < -0.4 is 9.47 Å². The van der Waals surface area contributed by atoms with Gasteiger partial charge in [-0.25, -0.2) is 4.99 Å². The van der Waals surface area contributed by atoms with Gasteiger partial charge in [-0.05, 0) is 30.0 Å². The van der Waals surface area contributed by atoms with Gasteiger partial charge in [0.2, 0.25) is 0 Å². The molecule has 1 aliphatic carbocycles. The highest BCUT2D eigenvalue weighted by Gasteiger charge is 2.43. The fraction of sp³-hybridized carbons (Fsp3) is 0.444. The molecule has 0 unspecified atom stereocenters. The largest absolute Gasteiger partial charge is 0.493 e. The average molecular weight is 532 g/mol. The number of hydrogen-bond donors (Lipinski definition) is 0. The first kappa shape index (κ1) is 25.6. The van der Waals surface area contributed by atoms with Gasteiger partial charge in [0, 0.05) is 17.4 Å². The second-order valence-corrected chi connectivity index (χ2v) is 10.4. The lowest BCUT2D eigenvalue weighted by molar-refractivity contribution is -0.137. The summed E-state index contributed by atoms with van der Waals surface area (Å²) in [5, 5.41) is 0.544. The molecule has 1 fully saturated rings. The standard InChI is InChI=1S/C27H28F3N3O3S/c1-35-22-13-19-20(14-23(22)36-2)31-26(37-15-17-9-6-10-18(11-17)27(28,29)30)33-21(25(34)32-24(19)33)12-16-7-4-3-5-8-16/h6,9-11,13-14,16,21H,3-5,7-8,12,15H2,1-2H3/t21-/m1/s1. The number of thioether (sulfide) groups is 1. The van der Waals surface area contributed by atoms with E-state index in [1.54, 1.807) is 18.2 Å². The van der Waals surface area contributed by atoms with Gasteiger partial charge in [0.25, 0.3) is 5.91 Å². The first-order valence-corrected chi connectivity index (χ1v) is 13.3. The molecule has 0 radical (unpaired) electrons. The SMILES string of the molecule is COc1cc2c(cc1OC)C1=NC(=O)[C@@H](CC3CCCCC3)N1C(SCc1cccc(C(F)(F)F)c1)=N2. The fourth-order valence-corrected chi connectivity index (χ4v) is 6.22. The molecule has 5 rings (SSSR count). The van der Waals surface area contributed by atoms with Crippen molar-refractivity contribution in [3.05, 3.63) is 53.1 Å². The van der Waals surface area contributed by atoms with E-state index in [-0.39, 0.29) is 11.7 Å². The van der Waals surface area contributed by atoms with E-state index in [2.05, 4.69) is 4.99 Å². The number of hydrogen-bond acceptors (Lipinski definition) is 6. The van der Waals surface area contributed by atoms with Crippen molar-refractivity contribution < 1.29 is 27.4 Å². The smallest absolute Gasteiger partial charge is 0.416 e. The number of carbonyl (C=O) groups excluding carboxylic acids is 1. The number of aliphatic imine (C=N–C) groups is 2. The summed E-state index contributed by atoms with van der Waals surface area (Å²) in [6, 6.07) is 8.32. The van der Waals surface area contributed by atoms with Crippen molar-refractivity contribution in [1.29, 1.82) is 0 Å². The predicted octanol–water partition coefficient (Wildman–Crippen LogP) is 6.58. The number of methoxy groups -OCH3 is 2. The van der Waals surface area contributed by atoms with Crippen LogP contribution in [0.2, 0.25) is 0 Å². The van der Waals surface area contributed by atoms with Gasteiger partial charge >= 0.3 is 6.18 Å². The molecule has 2 heterocycles.